The molecular formula is C18H18N8O3S2. The second kappa shape index (κ2) is 8.57. The summed E-state index contributed by atoms with van der Waals surface area (Å²) in [7, 11) is 1.51. The lowest BCUT2D eigenvalue weighted by Gasteiger charge is -2.10. The van der Waals surface area contributed by atoms with Crippen molar-refractivity contribution in [3.05, 3.63) is 29.6 Å². The maximum atomic E-state index is 12.3. The van der Waals surface area contributed by atoms with Crippen molar-refractivity contribution >= 4 is 57.3 Å². The lowest BCUT2D eigenvalue weighted by Crippen LogP contribution is -2.38. The largest absolute Gasteiger partial charge is 0.382 e. The van der Waals surface area contributed by atoms with E-state index >= 15 is 0 Å². The Morgan fingerprint density at radius 2 is 2.10 bits per heavy atom. The van der Waals surface area contributed by atoms with Gasteiger partial charge in [0.25, 0.3) is 0 Å². The first-order valence-corrected chi connectivity index (χ1v) is 10.8. The summed E-state index contributed by atoms with van der Waals surface area (Å²) in [4.78, 5) is 44.4. The standard InChI is InChI=1S/C18H18N8O3S2/c1-20-16(28)26-18-25-13(19)12(31-18)15-23-11(7-30-15)8-3-2-4-9(5-8)22-14(27)10-6-21-17(29)24-10/h2-5,7,10H,6,19H2,1H3,(H,22,27)(H2,21,24,29)(H2,20,25,26,28). The zero-order valence-corrected chi connectivity index (χ0v) is 17.8. The molecule has 1 aromatic carbocycles. The number of hydrogen-bond acceptors (Lipinski definition) is 8. The van der Waals surface area contributed by atoms with Gasteiger partial charge in [-0.05, 0) is 12.1 Å². The Morgan fingerprint density at radius 3 is 2.84 bits per heavy atom. The molecule has 0 saturated carbocycles. The van der Waals surface area contributed by atoms with Crippen LogP contribution in [0.4, 0.5) is 26.2 Å². The van der Waals surface area contributed by atoms with Gasteiger partial charge in [0.15, 0.2) is 5.13 Å². The molecule has 7 N–H and O–H groups in total. The van der Waals surface area contributed by atoms with Crippen molar-refractivity contribution in [2.24, 2.45) is 0 Å². The maximum Gasteiger partial charge on any atom is 0.320 e. The molecular weight excluding hydrogens is 440 g/mol. The van der Waals surface area contributed by atoms with Crippen LogP contribution in [0.15, 0.2) is 29.6 Å². The van der Waals surface area contributed by atoms with E-state index in [9.17, 15) is 14.4 Å². The van der Waals surface area contributed by atoms with Crippen molar-refractivity contribution in [2.75, 3.05) is 30.0 Å². The van der Waals surface area contributed by atoms with Crippen molar-refractivity contribution in [3.8, 4) is 21.1 Å². The van der Waals surface area contributed by atoms with E-state index in [1.807, 2.05) is 17.5 Å². The molecule has 1 fully saturated rings. The predicted octanol–water partition coefficient (Wildman–Crippen LogP) is 1.89. The smallest absolute Gasteiger partial charge is 0.320 e. The van der Waals surface area contributed by atoms with E-state index in [2.05, 4.69) is 36.6 Å². The molecule has 0 radical (unpaired) electrons. The van der Waals surface area contributed by atoms with Gasteiger partial charge in [-0.3, -0.25) is 10.1 Å². The summed E-state index contributed by atoms with van der Waals surface area (Å²) in [6.07, 6.45) is 0. The van der Waals surface area contributed by atoms with Crippen LogP contribution < -0.4 is 32.3 Å². The maximum absolute atomic E-state index is 12.3. The number of rotatable bonds is 5. The molecule has 1 aliphatic rings. The van der Waals surface area contributed by atoms with Gasteiger partial charge < -0.3 is 27.0 Å². The van der Waals surface area contributed by atoms with Gasteiger partial charge in [0.05, 0.1) is 5.69 Å². The van der Waals surface area contributed by atoms with E-state index in [-0.39, 0.29) is 30.3 Å². The number of thiazole rings is 2. The zero-order valence-electron chi connectivity index (χ0n) is 16.2. The molecule has 2 aromatic heterocycles. The van der Waals surface area contributed by atoms with Crippen molar-refractivity contribution in [3.63, 3.8) is 0 Å². The van der Waals surface area contributed by atoms with Crippen molar-refractivity contribution in [1.29, 1.82) is 0 Å². The Balaban J connectivity index is 1.50. The highest BCUT2D eigenvalue weighted by Crippen LogP contribution is 2.38. The summed E-state index contributed by atoms with van der Waals surface area (Å²) < 4.78 is 0. The molecule has 3 aromatic rings. The Bertz CT molecular complexity index is 1160. The fourth-order valence-corrected chi connectivity index (χ4v) is 4.62. The minimum Gasteiger partial charge on any atom is -0.382 e. The lowest BCUT2D eigenvalue weighted by atomic mass is 10.1. The van der Waals surface area contributed by atoms with Crippen molar-refractivity contribution < 1.29 is 14.4 Å². The first-order valence-electron chi connectivity index (χ1n) is 9.09. The number of aromatic nitrogens is 2. The van der Waals surface area contributed by atoms with Gasteiger partial charge >= 0.3 is 12.1 Å². The first-order chi connectivity index (χ1) is 14.9. The van der Waals surface area contributed by atoms with E-state index in [1.54, 1.807) is 12.1 Å². The third-order valence-electron chi connectivity index (χ3n) is 4.31. The van der Waals surface area contributed by atoms with E-state index in [0.717, 1.165) is 5.56 Å². The van der Waals surface area contributed by atoms with Crippen LogP contribution >= 0.6 is 22.7 Å². The summed E-state index contributed by atoms with van der Waals surface area (Å²) in [5, 5.41) is 15.9. The number of benzene rings is 1. The van der Waals surface area contributed by atoms with Crippen LogP contribution in [0.2, 0.25) is 0 Å². The average Bonchev–Trinajstić information content (AvgIpc) is 3.48. The van der Waals surface area contributed by atoms with E-state index in [4.69, 9.17) is 5.73 Å². The highest BCUT2D eigenvalue weighted by atomic mass is 32.1. The number of amides is 5. The molecule has 0 aliphatic carbocycles. The fourth-order valence-electron chi connectivity index (χ4n) is 2.81. The number of carbonyl (C=O) groups is 3. The third kappa shape index (κ3) is 4.57. The Labute approximate surface area is 184 Å². The Kier molecular flexibility index (Phi) is 5.68. The van der Waals surface area contributed by atoms with Crippen LogP contribution in [0.3, 0.4) is 0 Å². The summed E-state index contributed by atoms with van der Waals surface area (Å²) in [6.45, 7) is 0.243. The lowest BCUT2D eigenvalue weighted by molar-refractivity contribution is -0.117. The Morgan fingerprint density at radius 1 is 1.26 bits per heavy atom. The topological polar surface area (TPSA) is 163 Å². The van der Waals surface area contributed by atoms with Crippen LogP contribution in [0.25, 0.3) is 21.1 Å². The average molecular weight is 459 g/mol. The summed E-state index contributed by atoms with van der Waals surface area (Å²) in [6, 6.07) is 5.89. The number of nitrogens with two attached hydrogens (primary N) is 1. The molecule has 5 amide bonds. The van der Waals surface area contributed by atoms with Gasteiger partial charge in [0, 0.05) is 30.2 Å². The van der Waals surface area contributed by atoms with Gasteiger partial charge in [0.2, 0.25) is 5.91 Å². The van der Waals surface area contributed by atoms with E-state index in [1.165, 1.54) is 29.7 Å². The third-order valence-corrected chi connectivity index (χ3v) is 6.30. The molecule has 0 spiro atoms. The fraction of sp³-hybridized carbons (Fsp3) is 0.167. The van der Waals surface area contributed by atoms with Gasteiger partial charge in [-0.25, -0.2) is 19.6 Å². The summed E-state index contributed by atoms with van der Waals surface area (Å²) in [5.74, 6) is -0.0198. The molecule has 1 aliphatic heterocycles. The van der Waals surface area contributed by atoms with Gasteiger partial charge in [-0.15, -0.1) is 11.3 Å². The van der Waals surface area contributed by atoms with Crippen LogP contribution in [-0.4, -0.2) is 47.6 Å². The molecule has 1 saturated heterocycles. The van der Waals surface area contributed by atoms with Gasteiger partial charge in [-0.1, -0.05) is 23.5 Å². The summed E-state index contributed by atoms with van der Waals surface area (Å²) >= 11 is 2.63. The highest BCUT2D eigenvalue weighted by Gasteiger charge is 2.26. The number of carbonyl (C=O) groups excluding carboxylic acids is 3. The number of urea groups is 2. The number of hydrogen-bond donors (Lipinski definition) is 6. The number of nitrogens with zero attached hydrogens (tertiary/aromatic N) is 2. The second-order valence-electron chi connectivity index (χ2n) is 6.45. The van der Waals surface area contributed by atoms with E-state index in [0.29, 0.717) is 26.4 Å². The SMILES string of the molecule is CNC(=O)Nc1nc(N)c(-c2nc(-c3cccc(NC(=O)C4CNC(=O)N4)c3)cs2)s1. The Hall–Kier alpha value is -3.71. The van der Waals surface area contributed by atoms with Crippen LogP contribution in [-0.2, 0) is 4.79 Å². The van der Waals surface area contributed by atoms with Gasteiger partial charge in [0.1, 0.15) is 21.7 Å². The normalized spacial score (nSPS) is 15.1. The van der Waals surface area contributed by atoms with E-state index < -0.39 is 6.04 Å². The molecule has 160 valence electrons. The van der Waals surface area contributed by atoms with Crippen LogP contribution in [0.5, 0.6) is 0 Å². The van der Waals surface area contributed by atoms with Crippen molar-refractivity contribution in [1.82, 2.24) is 25.9 Å². The zero-order chi connectivity index (χ0) is 22.0. The van der Waals surface area contributed by atoms with Gasteiger partial charge in [-0.2, -0.15) is 0 Å². The van der Waals surface area contributed by atoms with Crippen molar-refractivity contribution in [2.45, 2.75) is 6.04 Å². The quantitative estimate of drug-likeness (QED) is 0.342. The molecule has 3 heterocycles. The number of anilines is 3. The molecule has 0 bridgehead atoms. The monoisotopic (exact) mass is 458 g/mol. The predicted molar refractivity (Wildman–Crippen MR) is 120 cm³/mol. The number of nitrogen functional groups attached to an aromatic ring is 1. The number of nitrogens with one attached hydrogen (secondary N) is 5. The second-order valence-corrected chi connectivity index (χ2v) is 8.31. The molecule has 13 heteroatoms. The molecule has 1 unspecified atom stereocenters. The molecule has 31 heavy (non-hydrogen) atoms. The molecule has 1 atom stereocenters. The highest BCUT2D eigenvalue weighted by molar-refractivity contribution is 7.23. The van der Waals surface area contributed by atoms with Crippen LogP contribution in [0, 0.1) is 0 Å². The minimum absolute atomic E-state index is 0.243. The molecule has 11 nitrogen and oxygen atoms in total. The molecule has 4 rings (SSSR count). The van der Waals surface area contributed by atoms with Crippen LogP contribution in [0.1, 0.15) is 0 Å². The minimum atomic E-state index is -0.617. The first kappa shape index (κ1) is 20.6. The summed E-state index contributed by atoms with van der Waals surface area (Å²) in [5.41, 5.74) is 8.10.